The van der Waals surface area contributed by atoms with Crippen molar-refractivity contribution in [3.8, 4) is 0 Å². The third-order valence-corrected chi connectivity index (χ3v) is 3.61. The normalized spacial score (nSPS) is 32.2. The van der Waals surface area contributed by atoms with E-state index in [4.69, 9.17) is 4.74 Å². The van der Waals surface area contributed by atoms with E-state index in [1.165, 1.54) is 0 Å². The van der Waals surface area contributed by atoms with Crippen LogP contribution < -0.4 is 0 Å². The predicted octanol–water partition coefficient (Wildman–Crippen LogP) is 1.42. The topological polar surface area (TPSA) is 29.5 Å². The van der Waals surface area contributed by atoms with Crippen molar-refractivity contribution in [1.82, 2.24) is 4.90 Å². The largest absolute Gasteiger partial charge is 0.376 e. The van der Waals surface area contributed by atoms with Crippen LogP contribution in [0.15, 0.2) is 0 Å². The van der Waals surface area contributed by atoms with E-state index in [1.807, 2.05) is 4.90 Å². The van der Waals surface area contributed by atoms with Crippen molar-refractivity contribution in [3.05, 3.63) is 0 Å². The monoisotopic (exact) mass is 185 g/mol. The lowest BCUT2D eigenvalue weighted by molar-refractivity contribution is -0.138. The number of carbonyl (C=O) groups excluding carboxylic acids is 1. The molecule has 0 aromatic rings. The molecule has 1 aliphatic rings. The van der Waals surface area contributed by atoms with Gasteiger partial charge in [0.05, 0.1) is 11.1 Å². The van der Waals surface area contributed by atoms with E-state index in [9.17, 15) is 4.79 Å². The minimum absolute atomic E-state index is 0.130. The Labute approximate surface area is 80.1 Å². The maximum Gasteiger partial charge on any atom is 0.219 e. The molecule has 1 heterocycles. The fraction of sp³-hybridized carbons (Fsp3) is 0.900. The maximum atomic E-state index is 11.3. The maximum absolute atomic E-state index is 11.3. The molecule has 1 aliphatic heterocycles. The van der Waals surface area contributed by atoms with E-state index in [-0.39, 0.29) is 17.0 Å². The van der Waals surface area contributed by atoms with E-state index in [1.54, 1.807) is 14.0 Å². The molecule has 0 aromatic heterocycles. The second-order valence-electron chi connectivity index (χ2n) is 4.41. The predicted molar refractivity (Wildman–Crippen MR) is 51.5 cm³/mol. The lowest BCUT2D eigenvalue weighted by Gasteiger charge is -2.41. The highest BCUT2D eigenvalue weighted by Gasteiger charge is 2.51. The number of hydrogen-bond donors (Lipinski definition) is 0. The summed E-state index contributed by atoms with van der Waals surface area (Å²) in [5.41, 5.74) is -0.410. The van der Waals surface area contributed by atoms with Crippen LogP contribution in [0.4, 0.5) is 0 Å². The molecule has 1 fully saturated rings. The highest BCUT2D eigenvalue weighted by Crippen LogP contribution is 2.40. The summed E-state index contributed by atoms with van der Waals surface area (Å²) in [4.78, 5) is 13.2. The third-order valence-electron chi connectivity index (χ3n) is 3.61. The zero-order chi connectivity index (χ0) is 10.3. The summed E-state index contributed by atoms with van der Waals surface area (Å²) >= 11 is 0. The van der Waals surface area contributed by atoms with Crippen LogP contribution in [0.1, 0.15) is 34.1 Å². The first-order valence-corrected chi connectivity index (χ1v) is 4.68. The van der Waals surface area contributed by atoms with Crippen LogP contribution in [0.5, 0.6) is 0 Å². The van der Waals surface area contributed by atoms with Crippen LogP contribution in [0, 0.1) is 0 Å². The summed E-state index contributed by atoms with van der Waals surface area (Å²) in [5.74, 6) is 0.130. The molecule has 0 radical (unpaired) electrons. The molecule has 1 atom stereocenters. The van der Waals surface area contributed by atoms with E-state index < -0.39 is 0 Å². The molecule has 3 heteroatoms. The standard InChI is InChI=1S/C10H19NO2/c1-8(12)11-7-6-10(4,13-5)9(11,2)3/h6-7H2,1-5H3. The summed E-state index contributed by atoms with van der Waals surface area (Å²) in [6, 6.07) is 0. The minimum Gasteiger partial charge on any atom is -0.376 e. The van der Waals surface area contributed by atoms with Gasteiger partial charge in [-0.1, -0.05) is 0 Å². The average Bonchev–Trinajstić information content (AvgIpc) is 2.24. The van der Waals surface area contributed by atoms with Gasteiger partial charge in [0, 0.05) is 20.6 Å². The van der Waals surface area contributed by atoms with Gasteiger partial charge in [-0.2, -0.15) is 0 Å². The molecular weight excluding hydrogens is 166 g/mol. The molecule has 3 nitrogen and oxygen atoms in total. The van der Waals surface area contributed by atoms with Gasteiger partial charge in [-0.3, -0.25) is 4.79 Å². The van der Waals surface area contributed by atoms with Gasteiger partial charge in [0.2, 0.25) is 5.91 Å². The Kier molecular flexibility index (Phi) is 2.41. The zero-order valence-electron chi connectivity index (χ0n) is 9.18. The minimum atomic E-state index is -0.210. The second kappa shape index (κ2) is 2.98. The van der Waals surface area contributed by atoms with Gasteiger partial charge >= 0.3 is 0 Å². The van der Waals surface area contributed by atoms with Crippen molar-refractivity contribution in [2.24, 2.45) is 0 Å². The molecule has 0 N–H and O–H groups in total. The Balaban J connectivity index is 2.95. The van der Waals surface area contributed by atoms with Crippen molar-refractivity contribution in [2.75, 3.05) is 13.7 Å². The van der Waals surface area contributed by atoms with Crippen molar-refractivity contribution >= 4 is 5.91 Å². The van der Waals surface area contributed by atoms with Crippen LogP contribution in [0.3, 0.4) is 0 Å². The molecule has 0 spiro atoms. The van der Waals surface area contributed by atoms with Crippen LogP contribution >= 0.6 is 0 Å². The number of ether oxygens (including phenoxy) is 1. The zero-order valence-corrected chi connectivity index (χ0v) is 9.18. The summed E-state index contributed by atoms with van der Waals surface area (Å²) in [5, 5.41) is 0. The quantitative estimate of drug-likeness (QED) is 0.618. The van der Waals surface area contributed by atoms with Gasteiger partial charge in [-0.25, -0.2) is 0 Å². The number of hydrogen-bond acceptors (Lipinski definition) is 2. The number of nitrogens with zero attached hydrogens (tertiary/aromatic N) is 1. The SMILES string of the molecule is COC1(C)CCN(C(C)=O)C1(C)C. The molecule has 1 saturated heterocycles. The smallest absolute Gasteiger partial charge is 0.219 e. The number of amides is 1. The van der Waals surface area contributed by atoms with E-state index in [0.717, 1.165) is 13.0 Å². The first-order valence-electron chi connectivity index (χ1n) is 4.68. The van der Waals surface area contributed by atoms with Crippen LogP contribution in [0.25, 0.3) is 0 Å². The lowest BCUT2D eigenvalue weighted by Crippen LogP contribution is -2.54. The highest BCUT2D eigenvalue weighted by molar-refractivity contribution is 5.74. The molecule has 76 valence electrons. The number of rotatable bonds is 1. The first-order chi connectivity index (χ1) is 5.85. The molecule has 0 aliphatic carbocycles. The van der Waals surface area contributed by atoms with Crippen LogP contribution in [-0.4, -0.2) is 35.6 Å². The Bertz CT molecular complexity index is 225. The van der Waals surface area contributed by atoms with Crippen molar-refractivity contribution < 1.29 is 9.53 Å². The van der Waals surface area contributed by atoms with Gasteiger partial charge in [-0.05, 0) is 27.2 Å². The Morgan fingerprint density at radius 3 is 2.15 bits per heavy atom. The molecule has 0 bridgehead atoms. The molecule has 1 unspecified atom stereocenters. The molecule has 13 heavy (non-hydrogen) atoms. The number of likely N-dealkylation sites (tertiary alicyclic amines) is 1. The first kappa shape index (κ1) is 10.5. The summed E-state index contributed by atoms with van der Waals surface area (Å²) in [7, 11) is 1.71. The van der Waals surface area contributed by atoms with Gasteiger partial charge in [0.1, 0.15) is 0 Å². The summed E-state index contributed by atoms with van der Waals surface area (Å²) in [6.07, 6.45) is 0.913. The van der Waals surface area contributed by atoms with Crippen molar-refractivity contribution in [2.45, 2.75) is 45.3 Å². The van der Waals surface area contributed by atoms with Gasteiger partial charge < -0.3 is 9.64 Å². The molecule has 0 aromatic carbocycles. The van der Waals surface area contributed by atoms with Crippen molar-refractivity contribution in [1.29, 1.82) is 0 Å². The lowest BCUT2D eigenvalue weighted by atomic mass is 9.85. The molecule has 0 saturated carbocycles. The second-order valence-corrected chi connectivity index (χ2v) is 4.41. The van der Waals surface area contributed by atoms with Gasteiger partial charge in [0.15, 0.2) is 0 Å². The van der Waals surface area contributed by atoms with E-state index in [0.29, 0.717) is 0 Å². The number of methoxy groups -OCH3 is 1. The molecule has 1 amide bonds. The Hall–Kier alpha value is -0.570. The van der Waals surface area contributed by atoms with Crippen LogP contribution in [-0.2, 0) is 9.53 Å². The van der Waals surface area contributed by atoms with E-state index >= 15 is 0 Å². The summed E-state index contributed by atoms with van der Waals surface area (Å²) < 4.78 is 5.50. The fourth-order valence-corrected chi connectivity index (χ4v) is 2.10. The van der Waals surface area contributed by atoms with Gasteiger partial charge in [0.25, 0.3) is 0 Å². The Morgan fingerprint density at radius 1 is 1.38 bits per heavy atom. The highest BCUT2D eigenvalue weighted by atomic mass is 16.5. The number of carbonyl (C=O) groups is 1. The summed E-state index contributed by atoms with van der Waals surface area (Å²) in [6.45, 7) is 8.60. The average molecular weight is 185 g/mol. The molecule has 1 rings (SSSR count). The molecular formula is C10H19NO2. The van der Waals surface area contributed by atoms with E-state index in [2.05, 4.69) is 20.8 Å². The van der Waals surface area contributed by atoms with Gasteiger partial charge in [-0.15, -0.1) is 0 Å². The Morgan fingerprint density at radius 2 is 1.92 bits per heavy atom. The fourth-order valence-electron chi connectivity index (χ4n) is 2.10. The van der Waals surface area contributed by atoms with Crippen molar-refractivity contribution in [3.63, 3.8) is 0 Å². The van der Waals surface area contributed by atoms with Crippen LogP contribution in [0.2, 0.25) is 0 Å². The third kappa shape index (κ3) is 1.35.